The van der Waals surface area contributed by atoms with E-state index in [2.05, 4.69) is 51.4 Å². The molecule has 0 bridgehead atoms. The quantitative estimate of drug-likeness (QED) is 0.187. The van der Waals surface area contributed by atoms with Gasteiger partial charge in [-0.25, -0.2) is 4.39 Å². The number of aromatic hydroxyl groups is 1. The van der Waals surface area contributed by atoms with Gasteiger partial charge in [-0.3, -0.25) is 14.7 Å². The lowest BCUT2D eigenvalue weighted by Crippen LogP contribution is -2.50. The fourth-order valence-electron chi connectivity index (χ4n) is 8.02. The van der Waals surface area contributed by atoms with Gasteiger partial charge in [0.05, 0.1) is 17.0 Å². The first kappa shape index (κ1) is 31.8. The van der Waals surface area contributed by atoms with Crippen LogP contribution < -0.4 is 15.0 Å². The Bertz CT molecular complexity index is 1960. The van der Waals surface area contributed by atoms with Gasteiger partial charge in [-0.15, -0.1) is 6.42 Å². The van der Waals surface area contributed by atoms with Crippen LogP contribution in [0.5, 0.6) is 11.8 Å². The van der Waals surface area contributed by atoms with E-state index in [4.69, 9.17) is 16.1 Å². The predicted molar refractivity (Wildman–Crippen MR) is 185 cm³/mol. The molecule has 0 radical (unpaired) electrons. The summed E-state index contributed by atoms with van der Waals surface area (Å²) in [6.45, 7) is 11.5. The first-order valence-corrected chi connectivity index (χ1v) is 16.8. The fraction of sp³-hybridized carbons (Fsp3) is 0.421. The minimum atomic E-state index is -0.659. The van der Waals surface area contributed by atoms with Crippen LogP contribution in [0.25, 0.3) is 32.9 Å². The van der Waals surface area contributed by atoms with Gasteiger partial charge in [0, 0.05) is 35.8 Å². The molecule has 9 nitrogen and oxygen atoms in total. The summed E-state index contributed by atoms with van der Waals surface area (Å²) in [7, 11) is 0. The van der Waals surface area contributed by atoms with Crippen LogP contribution in [0.1, 0.15) is 57.9 Å². The maximum absolute atomic E-state index is 17.0. The molecule has 4 aromatic rings. The molecular formula is C38H41FN6O3. The molecule has 3 saturated heterocycles. The van der Waals surface area contributed by atoms with Crippen molar-refractivity contribution < 1.29 is 19.0 Å². The molecule has 2 N–H and O–H groups in total. The summed E-state index contributed by atoms with van der Waals surface area (Å²) in [5, 5.41) is 15.5. The Morgan fingerprint density at radius 2 is 1.96 bits per heavy atom. The highest BCUT2D eigenvalue weighted by atomic mass is 19.1. The average molecular weight is 649 g/mol. The topological polar surface area (TPSA) is 104 Å². The summed E-state index contributed by atoms with van der Waals surface area (Å²) in [6, 6.07) is 8.37. The molecule has 2 aromatic heterocycles. The van der Waals surface area contributed by atoms with Gasteiger partial charge >= 0.3 is 6.01 Å². The summed E-state index contributed by atoms with van der Waals surface area (Å²) < 4.78 is 23.4. The third-order valence-corrected chi connectivity index (χ3v) is 10.7. The van der Waals surface area contributed by atoms with Crippen molar-refractivity contribution in [1.29, 1.82) is 0 Å². The Balaban J connectivity index is 1.37. The molecule has 3 aliphatic heterocycles. The number of amides is 1. The zero-order valence-corrected chi connectivity index (χ0v) is 27.6. The number of nitrogens with one attached hydrogen (secondary N) is 1. The monoisotopic (exact) mass is 648 g/mol. The maximum Gasteiger partial charge on any atom is 0.319 e. The molecule has 1 amide bonds. The number of carbonyl (C=O) groups is 1. The van der Waals surface area contributed by atoms with Crippen LogP contribution in [-0.4, -0.2) is 75.2 Å². The Morgan fingerprint density at radius 1 is 1.19 bits per heavy atom. The summed E-state index contributed by atoms with van der Waals surface area (Å²) >= 11 is 0. The lowest BCUT2D eigenvalue weighted by molar-refractivity contribution is -0.117. The second-order valence-corrected chi connectivity index (χ2v) is 14.1. The number of phenolic OH excluding ortho intramolecular Hbond substituents is 1. The van der Waals surface area contributed by atoms with E-state index in [-0.39, 0.29) is 45.9 Å². The van der Waals surface area contributed by atoms with Crippen molar-refractivity contribution in [2.75, 3.05) is 37.7 Å². The predicted octanol–water partition coefficient (Wildman–Crippen LogP) is 5.98. The van der Waals surface area contributed by atoms with Crippen LogP contribution >= 0.6 is 0 Å². The highest BCUT2D eigenvalue weighted by Crippen LogP contribution is 2.41. The number of anilines is 1. The lowest BCUT2D eigenvalue weighted by atomic mass is 9.81. The number of pyridine rings is 1. The minimum Gasteiger partial charge on any atom is -0.508 e. The van der Waals surface area contributed by atoms with Gasteiger partial charge in [0.1, 0.15) is 29.4 Å². The molecule has 7 rings (SSSR count). The highest BCUT2D eigenvalue weighted by Gasteiger charge is 2.45. The molecule has 10 heteroatoms. The normalized spacial score (nSPS) is 20.3. The van der Waals surface area contributed by atoms with E-state index in [9.17, 15) is 9.90 Å². The van der Waals surface area contributed by atoms with E-state index >= 15 is 4.39 Å². The number of halogens is 1. The van der Waals surface area contributed by atoms with Crippen molar-refractivity contribution in [2.24, 2.45) is 5.41 Å². The van der Waals surface area contributed by atoms with Gasteiger partial charge in [0.25, 0.3) is 0 Å². The van der Waals surface area contributed by atoms with Crippen molar-refractivity contribution in [3.63, 3.8) is 0 Å². The first-order chi connectivity index (χ1) is 23.1. The van der Waals surface area contributed by atoms with Crippen LogP contribution in [0.15, 0.2) is 49.2 Å². The SMILES string of the molecule is C#Cc1cccc2cc(O)cc(-c3ncc4c(N5CCCC(C)(C)[C@H](NC(=O)C=C)C5)nc(OCC56CCCN5CCC6)nc4c3F)c12. The third-order valence-electron chi connectivity index (χ3n) is 10.7. The minimum absolute atomic E-state index is 0.0196. The Hall–Kier alpha value is -4.75. The number of hydrogen-bond donors (Lipinski definition) is 2. The summed E-state index contributed by atoms with van der Waals surface area (Å²) in [4.78, 5) is 31.3. The summed E-state index contributed by atoms with van der Waals surface area (Å²) in [5.41, 5.74) is 0.761. The van der Waals surface area contributed by atoms with Crippen molar-refractivity contribution in [1.82, 2.24) is 25.2 Å². The Kier molecular flexibility index (Phi) is 8.20. The molecule has 0 spiro atoms. The maximum atomic E-state index is 17.0. The second-order valence-electron chi connectivity index (χ2n) is 14.1. The van der Waals surface area contributed by atoms with E-state index in [0.29, 0.717) is 52.8 Å². The van der Waals surface area contributed by atoms with Gasteiger partial charge in [-0.1, -0.05) is 38.5 Å². The number of benzene rings is 2. The number of terminal acetylenes is 1. The number of phenols is 1. The number of hydrogen-bond acceptors (Lipinski definition) is 8. The van der Waals surface area contributed by atoms with Gasteiger partial charge in [-0.05, 0) is 86.7 Å². The zero-order chi connectivity index (χ0) is 33.6. The molecule has 48 heavy (non-hydrogen) atoms. The molecule has 3 fully saturated rings. The van der Waals surface area contributed by atoms with Crippen molar-refractivity contribution in [3.05, 3.63) is 60.6 Å². The van der Waals surface area contributed by atoms with Crippen LogP contribution in [-0.2, 0) is 4.79 Å². The molecule has 3 aliphatic rings. The van der Waals surface area contributed by atoms with Crippen molar-refractivity contribution in [3.8, 4) is 35.4 Å². The fourth-order valence-corrected chi connectivity index (χ4v) is 8.02. The van der Waals surface area contributed by atoms with Crippen molar-refractivity contribution in [2.45, 2.75) is 64.0 Å². The molecule has 0 unspecified atom stereocenters. The van der Waals surface area contributed by atoms with Gasteiger partial charge in [-0.2, -0.15) is 9.97 Å². The molecule has 5 heterocycles. The van der Waals surface area contributed by atoms with E-state index in [1.165, 1.54) is 12.1 Å². The number of nitrogens with zero attached hydrogens (tertiary/aromatic N) is 5. The van der Waals surface area contributed by atoms with E-state index in [1.807, 2.05) is 6.07 Å². The van der Waals surface area contributed by atoms with Gasteiger partial charge in [0.2, 0.25) is 5.91 Å². The number of carbonyl (C=O) groups excluding carboxylic acids is 1. The second kappa shape index (κ2) is 12.4. The smallest absolute Gasteiger partial charge is 0.319 e. The molecule has 248 valence electrons. The molecule has 0 aliphatic carbocycles. The lowest BCUT2D eigenvalue weighted by Gasteiger charge is -2.35. The number of rotatable bonds is 7. The zero-order valence-electron chi connectivity index (χ0n) is 27.6. The molecule has 1 atom stereocenters. The Morgan fingerprint density at radius 3 is 2.71 bits per heavy atom. The van der Waals surface area contributed by atoms with E-state index in [1.54, 1.807) is 24.4 Å². The number of fused-ring (bicyclic) bond motifs is 3. The van der Waals surface area contributed by atoms with E-state index < -0.39 is 5.82 Å². The summed E-state index contributed by atoms with van der Waals surface area (Å²) in [5.74, 6) is 2.25. The number of aromatic nitrogens is 3. The molecule has 0 saturated carbocycles. The first-order valence-electron chi connectivity index (χ1n) is 16.8. The third kappa shape index (κ3) is 5.60. The molecular weight excluding hydrogens is 607 g/mol. The van der Waals surface area contributed by atoms with Crippen molar-refractivity contribution >= 4 is 33.4 Å². The Labute approximate surface area is 280 Å². The van der Waals surface area contributed by atoms with Crippen LogP contribution in [0.2, 0.25) is 0 Å². The largest absolute Gasteiger partial charge is 0.508 e. The van der Waals surface area contributed by atoms with Gasteiger partial charge < -0.3 is 20.1 Å². The average Bonchev–Trinajstić information content (AvgIpc) is 3.62. The van der Waals surface area contributed by atoms with Crippen LogP contribution in [0.4, 0.5) is 10.2 Å². The standard InChI is InChI=1S/C38H41FN6O3/c1-5-24-11-7-12-25-19-26(46)20-27(31(24)25)33-32(39)34-28(21-40-33)35(44-16-8-13-37(3,4)29(22-44)41-30(47)6-2)43-36(42-34)48-23-38-14-9-17-45(38)18-10-15-38/h1,6-7,11-12,19-21,29,46H,2,8-10,13-18,22-23H2,3-4H3,(H,41,47)/t29-/m1/s1. The van der Waals surface area contributed by atoms with E-state index in [0.717, 1.165) is 51.6 Å². The number of ether oxygens (including phenoxy) is 1. The van der Waals surface area contributed by atoms with Crippen LogP contribution in [0, 0.1) is 23.6 Å². The van der Waals surface area contributed by atoms with Crippen LogP contribution in [0.3, 0.4) is 0 Å². The summed E-state index contributed by atoms with van der Waals surface area (Å²) in [6.07, 6.45) is 14.8. The molecule has 2 aromatic carbocycles. The highest BCUT2D eigenvalue weighted by molar-refractivity contribution is 6.02. The van der Waals surface area contributed by atoms with Gasteiger partial charge in [0.15, 0.2) is 5.82 Å².